The quantitative estimate of drug-likeness (QED) is 0.661. The molecule has 2 heterocycles. The van der Waals surface area contributed by atoms with Gasteiger partial charge >= 0.3 is 5.97 Å². The number of non-ortho nitro benzene ring substituents is 1. The van der Waals surface area contributed by atoms with E-state index in [-0.39, 0.29) is 11.7 Å². The number of fused-ring (bicyclic) bond motifs is 3. The molecule has 0 aromatic heterocycles. The Morgan fingerprint density at radius 3 is 2.90 bits per heavy atom. The van der Waals surface area contributed by atoms with Gasteiger partial charge < -0.3 is 10.0 Å². The average molecular weight is 276 g/mol. The van der Waals surface area contributed by atoms with Crippen LogP contribution in [0.15, 0.2) is 18.2 Å². The third kappa shape index (κ3) is 2.01. The van der Waals surface area contributed by atoms with Crippen LogP contribution in [0.4, 0.5) is 11.4 Å². The summed E-state index contributed by atoms with van der Waals surface area (Å²) in [5.74, 6) is -1.27. The minimum atomic E-state index is -0.806. The van der Waals surface area contributed by atoms with Crippen LogP contribution in [0.25, 0.3) is 0 Å². The Balaban J connectivity index is 2.04. The number of nitro groups is 1. The van der Waals surface area contributed by atoms with E-state index in [1.807, 2.05) is 0 Å². The van der Waals surface area contributed by atoms with Crippen molar-refractivity contribution in [2.24, 2.45) is 5.92 Å². The van der Waals surface area contributed by atoms with Crippen LogP contribution in [0.5, 0.6) is 0 Å². The second kappa shape index (κ2) is 4.77. The van der Waals surface area contributed by atoms with Gasteiger partial charge in [-0.25, -0.2) is 0 Å². The standard InChI is InChI=1S/C14H16N2O4/c17-14(18)11-8-9-7-10(16(19)20)4-5-12(9)15-6-2-1-3-13(11)15/h4-5,7,11,13H,1-3,6,8H2,(H,17,18)/t11-,13+/m0/s1. The molecular weight excluding hydrogens is 260 g/mol. The lowest BCUT2D eigenvalue weighted by Crippen LogP contribution is -2.50. The van der Waals surface area contributed by atoms with Crippen molar-refractivity contribution in [2.75, 3.05) is 11.4 Å². The average Bonchev–Trinajstić information content (AvgIpc) is 2.45. The van der Waals surface area contributed by atoms with Gasteiger partial charge in [0.15, 0.2) is 0 Å². The van der Waals surface area contributed by atoms with Gasteiger partial charge in [-0.3, -0.25) is 14.9 Å². The van der Waals surface area contributed by atoms with E-state index in [1.54, 1.807) is 6.07 Å². The first-order chi connectivity index (χ1) is 9.58. The van der Waals surface area contributed by atoms with Gasteiger partial charge in [0, 0.05) is 30.4 Å². The molecule has 2 aliphatic heterocycles. The molecule has 0 saturated carbocycles. The number of carbonyl (C=O) groups is 1. The van der Waals surface area contributed by atoms with Gasteiger partial charge in [-0.2, -0.15) is 0 Å². The molecule has 1 N–H and O–H groups in total. The number of carboxylic acid groups (broad SMARTS) is 1. The van der Waals surface area contributed by atoms with Crippen LogP contribution in [0.2, 0.25) is 0 Å². The summed E-state index contributed by atoms with van der Waals surface area (Å²) in [6.45, 7) is 0.833. The molecule has 3 rings (SSSR count). The first-order valence-electron chi connectivity index (χ1n) is 6.84. The van der Waals surface area contributed by atoms with Crippen molar-refractivity contribution in [3.63, 3.8) is 0 Å². The minimum Gasteiger partial charge on any atom is -0.481 e. The zero-order valence-electron chi connectivity index (χ0n) is 11.0. The monoisotopic (exact) mass is 276 g/mol. The van der Waals surface area contributed by atoms with Crippen LogP contribution in [-0.4, -0.2) is 28.6 Å². The Morgan fingerprint density at radius 1 is 1.40 bits per heavy atom. The van der Waals surface area contributed by atoms with Crippen LogP contribution in [0, 0.1) is 16.0 Å². The van der Waals surface area contributed by atoms with E-state index in [2.05, 4.69) is 4.90 Å². The van der Waals surface area contributed by atoms with Crippen molar-refractivity contribution in [1.82, 2.24) is 0 Å². The molecule has 0 spiro atoms. The summed E-state index contributed by atoms with van der Waals surface area (Å²) in [5.41, 5.74) is 1.78. The lowest BCUT2D eigenvalue weighted by molar-refractivity contribution is -0.384. The predicted molar refractivity (Wildman–Crippen MR) is 72.9 cm³/mol. The summed E-state index contributed by atoms with van der Waals surface area (Å²) < 4.78 is 0. The lowest BCUT2D eigenvalue weighted by Gasteiger charge is -2.45. The van der Waals surface area contributed by atoms with E-state index in [4.69, 9.17) is 0 Å². The van der Waals surface area contributed by atoms with Gasteiger partial charge in [0.2, 0.25) is 0 Å². The minimum absolute atomic E-state index is 0.0233. The number of aliphatic carboxylic acids is 1. The summed E-state index contributed by atoms with van der Waals surface area (Å²) in [6, 6.07) is 4.82. The van der Waals surface area contributed by atoms with Gasteiger partial charge in [0.05, 0.1) is 10.8 Å². The van der Waals surface area contributed by atoms with Crippen molar-refractivity contribution in [2.45, 2.75) is 31.7 Å². The first kappa shape index (κ1) is 12.9. The number of hydrogen-bond acceptors (Lipinski definition) is 4. The molecule has 1 saturated heterocycles. The summed E-state index contributed by atoms with van der Waals surface area (Å²) in [4.78, 5) is 24.0. The molecule has 106 valence electrons. The Kier molecular flexibility index (Phi) is 3.08. The van der Waals surface area contributed by atoms with E-state index in [0.29, 0.717) is 6.42 Å². The van der Waals surface area contributed by atoms with Gasteiger partial charge in [-0.05, 0) is 37.3 Å². The molecule has 0 amide bonds. The second-order valence-electron chi connectivity index (χ2n) is 5.48. The normalized spacial score (nSPS) is 24.7. The highest BCUT2D eigenvalue weighted by atomic mass is 16.6. The molecule has 0 aliphatic carbocycles. The van der Waals surface area contributed by atoms with Crippen molar-refractivity contribution >= 4 is 17.3 Å². The molecule has 1 aromatic rings. The molecule has 0 bridgehead atoms. The fourth-order valence-corrected chi connectivity index (χ4v) is 3.43. The molecular formula is C14H16N2O4. The topological polar surface area (TPSA) is 83.7 Å². The number of piperidine rings is 1. The molecule has 1 fully saturated rings. The number of nitro benzene ring substituents is 1. The maximum Gasteiger partial charge on any atom is 0.308 e. The van der Waals surface area contributed by atoms with E-state index < -0.39 is 16.8 Å². The lowest BCUT2D eigenvalue weighted by atomic mass is 9.81. The number of nitrogens with zero attached hydrogens (tertiary/aromatic N) is 2. The first-order valence-corrected chi connectivity index (χ1v) is 6.84. The molecule has 6 nitrogen and oxygen atoms in total. The predicted octanol–water partition coefficient (Wildman–Crippen LogP) is 2.21. The van der Waals surface area contributed by atoms with Gasteiger partial charge in [-0.15, -0.1) is 0 Å². The summed E-state index contributed by atoms with van der Waals surface area (Å²) in [7, 11) is 0. The Bertz CT molecular complexity index is 572. The summed E-state index contributed by atoms with van der Waals surface area (Å²) in [6.07, 6.45) is 3.35. The van der Waals surface area contributed by atoms with Gasteiger partial charge in [0.1, 0.15) is 0 Å². The van der Waals surface area contributed by atoms with Gasteiger partial charge in [0.25, 0.3) is 5.69 Å². The van der Waals surface area contributed by atoms with Crippen molar-refractivity contribution in [3.05, 3.63) is 33.9 Å². The Morgan fingerprint density at radius 2 is 2.20 bits per heavy atom. The fraction of sp³-hybridized carbons (Fsp3) is 0.500. The van der Waals surface area contributed by atoms with Crippen LogP contribution in [0.1, 0.15) is 24.8 Å². The molecule has 20 heavy (non-hydrogen) atoms. The molecule has 2 atom stereocenters. The zero-order chi connectivity index (χ0) is 14.3. The van der Waals surface area contributed by atoms with E-state index in [0.717, 1.165) is 37.1 Å². The highest BCUT2D eigenvalue weighted by molar-refractivity contribution is 5.75. The third-order valence-corrected chi connectivity index (χ3v) is 4.35. The largest absolute Gasteiger partial charge is 0.481 e. The zero-order valence-corrected chi connectivity index (χ0v) is 11.0. The number of rotatable bonds is 2. The van der Waals surface area contributed by atoms with Gasteiger partial charge in [-0.1, -0.05) is 0 Å². The van der Waals surface area contributed by atoms with Crippen LogP contribution >= 0.6 is 0 Å². The smallest absolute Gasteiger partial charge is 0.308 e. The Labute approximate surface area is 116 Å². The van der Waals surface area contributed by atoms with E-state index in [1.165, 1.54) is 12.1 Å². The molecule has 0 radical (unpaired) electrons. The summed E-state index contributed by atoms with van der Waals surface area (Å²) >= 11 is 0. The maximum atomic E-state index is 11.5. The van der Waals surface area contributed by atoms with Crippen molar-refractivity contribution < 1.29 is 14.8 Å². The highest BCUT2D eigenvalue weighted by Crippen LogP contribution is 2.39. The van der Waals surface area contributed by atoms with Crippen LogP contribution < -0.4 is 4.90 Å². The number of carboxylic acids is 1. The molecule has 1 aromatic carbocycles. The van der Waals surface area contributed by atoms with E-state index >= 15 is 0 Å². The SMILES string of the molecule is O=C(O)[C@H]1Cc2cc([N+](=O)[O-])ccc2N2CCCC[C@H]12. The van der Waals surface area contributed by atoms with Crippen molar-refractivity contribution in [1.29, 1.82) is 0 Å². The number of benzene rings is 1. The fourth-order valence-electron chi connectivity index (χ4n) is 3.43. The Hall–Kier alpha value is -2.11. The van der Waals surface area contributed by atoms with Crippen LogP contribution in [-0.2, 0) is 11.2 Å². The second-order valence-corrected chi connectivity index (χ2v) is 5.48. The molecule has 2 aliphatic rings. The van der Waals surface area contributed by atoms with Crippen molar-refractivity contribution in [3.8, 4) is 0 Å². The number of anilines is 1. The number of hydrogen-bond donors (Lipinski definition) is 1. The summed E-state index contributed by atoms with van der Waals surface area (Å²) in [5, 5.41) is 20.3. The highest BCUT2D eigenvalue weighted by Gasteiger charge is 2.39. The van der Waals surface area contributed by atoms with E-state index in [9.17, 15) is 20.0 Å². The van der Waals surface area contributed by atoms with Crippen LogP contribution in [0.3, 0.4) is 0 Å². The molecule has 6 heteroatoms. The molecule has 0 unspecified atom stereocenters. The third-order valence-electron chi connectivity index (χ3n) is 4.35. The maximum absolute atomic E-state index is 11.5.